The minimum atomic E-state index is -3.80. The molecule has 0 aromatic heterocycles. The lowest BCUT2D eigenvalue weighted by Crippen LogP contribution is -2.29. The van der Waals surface area contributed by atoms with Crippen molar-refractivity contribution in [3.8, 4) is 0 Å². The van der Waals surface area contributed by atoms with Crippen LogP contribution in [0.5, 0.6) is 0 Å². The molecule has 1 heterocycles. The van der Waals surface area contributed by atoms with Gasteiger partial charge in [0.2, 0.25) is 0 Å². The van der Waals surface area contributed by atoms with Gasteiger partial charge in [-0.2, -0.15) is 0 Å². The van der Waals surface area contributed by atoms with Crippen molar-refractivity contribution in [2.45, 2.75) is 24.2 Å². The molecule has 0 radical (unpaired) electrons. The molecule has 1 saturated heterocycles. The van der Waals surface area contributed by atoms with Gasteiger partial charge >= 0.3 is 5.97 Å². The summed E-state index contributed by atoms with van der Waals surface area (Å²) in [5.74, 6) is -1.18. The van der Waals surface area contributed by atoms with Gasteiger partial charge < -0.3 is 15.0 Å². The van der Waals surface area contributed by atoms with E-state index in [1.54, 1.807) is 30.3 Å². The Labute approximate surface area is 205 Å². The van der Waals surface area contributed by atoms with Crippen LogP contribution in [0.15, 0.2) is 83.8 Å². The second-order valence-electron chi connectivity index (χ2n) is 8.21. The van der Waals surface area contributed by atoms with E-state index in [0.29, 0.717) is 11.4 Å². The molecule has 3 aromatic rings. The Kier molecular flexibility index (Phi) is 7.67. The Bertz CT molecular complexity index is 1250. The predicted octanol–water partition coefficient (Wildman–Crippen LogP) is 4.27. The lowest BCUT2D eigenvalue weighted by molar-refractivity contribution is -0.119. The number of anilines is 3. The number of nitrogens with zero attached hydrogens (tertiary/aromatic N) is 1. The number of hydrogen-bond acceptors (Lipinski definition) is 6. The Morgan fingerprint density at radius 1 is 0.800 bits per heavy atom. The number of esters is 1. The molecule has 0 atom stereocenters. The second kappa shape index (κ2) is 11.1. The number of carbonyl (C=O) groups is 2. The quantitative estimate of drug-likeness (QED) is 0.454. The molecule has 8 nitrogen and oxygen atoms in total. The average Bonchev–Trinajstić information content (AvgIpc) is 2.89. The Balaban J connectivity index is 1.27. The van der Waals surface area contributed by atoms with Gasteiger partial charge in [0.25, 0.3) is 15.9 Å². The minimum absolute atomic E-state index is 0.00338. The van der Waals surface area contributed by atoms with Crippen LogP contribution in [0.25, 0.3) is 0 Å². The summed E-state index contributed by atoms with van der Waals surface area (Å²) in [6.45, 7) is 1.62. The maximum absolute atomic E-state index is 12.5. The lowest BCUT2D eigenvalue weighted by Gasteiger charge is -2.28. The summed E-state index contributed by atoms with van der Waals surface area (Å²) in [6.07, 6.45) is 3.64. The van der Waals surface area contributed by atoms with Gasteiger partial charge in [-0.3, -0.25) is 9.52 Å². The molecule has 0 saturated carbocycles. The van der Waals surface area contributed by atoms with E-state index in [1.807, 2.05) is 24.3 Å². The lowest BCUT2D eigenvalue weighted by atomic mass is 10.1. The molecule has 9 heteroatoms. The highest BCUT2D eigenvalue weighted by Gasteiger charge is 2.17. The first kappa shape index (κ1) is 24.3. The molecule has 1 aliphatic rings. The highest BCUT2D eigenvalue weighted by Crippen LogP contribution is 2.22. The molecule has 182 valence electrons. The third-order valence-corrected chi connectivity index (χ3v) is 7.03. The summed E-state index contributed by atoms with van der Waals surface area (Å²) in [4.78, 5) is 26.8. The monoisotopic (exact) mass is 493 g/mol. The molecule has 3 aromatic carbocycles. The standard InChI is InChI=1S/C26H27N3O5S/c30-25(27-21-11-13-23(14-12-21)29-17-5-2-6-18-29)19-34-26(31)20-9-15-24(16-10-20)35(32,33)28-22-7-3-1-4-8-22/h1,3-4,7-16,28H,2,5-6,17-19H2,(H,27,30). The van der Waals surface area contributed by atoms with Crippen LogP contribution in [0.1, 0.15) is 29.6 Å². The number of carbonyl (C=O) groups excluding carboxylic acids is 2. The molecule has 0 spiro atoms. The largest absolute Gasteiger partial charge is 0.452 e. The molecule has 35 heavy (non-hydrogen) atoms. The maximum atomic E-state index is 12.5. The van der Waals surface area contributed by atoms with E-state index in [9.17, 15) is 18.0 Å². The van der Waals surface area contributed by atoms with E-state index in [1.165, 1.54) is 43.5 Å². The number of rotatable bonds is 8. The zero-order valence-corrected chi connectivity index (χ0v) is 20.0. The summed E-state index contributed by atoms with van der Waals surface area (Å²) >= 11 is 0. The second-order valence-corrected chi connectivity index (χ2v) is 9.90. The number of piperidine rings is 1. The molecular formula is C26H27N3O5S. The van der Waals surface area contributed by atoms with Gasteiger partial charge in [0.1, 0.15) is 0 Å². The van der Waals surface area contributed by atoms with Crippen LogP contribution in [-0.4, -0.2) is 40.0 Å². The molecule has 1 amide bonds. The van der Waals surface area contributed by atoms with Crippen LogP contribution in [-0.2, 0) is 19.6 Å². The van der Waals surface area contributed by atoms with Crippen LogP contribution in [0.4, 0.5) is 17.1 Å². The molecule has 0 aliphatic carbocycles. The predicted molar refractivity (Wildman–Crippen MR) is 135 cm³/mol. The van der Waals surface area contributed by atoms with E-state index in [2.05, 4.69) is 14.9 Å². The van der Waals surface area contributed by atoms with E-state index < -0.39 is 28.5 Å². The van der Waals surface area contributed by atoms with E-state index >= 15 is 0 Å². The fourth-order valence-corrected chi connectivity index (χ4v) is 4.87. The van der Waals surface area contributed by atoms with Crippen molar-refractivity contribution in [2.24, 2.45) is 0 Å². The zero-order chi connectivity index (χ0) is 24.7. The van der Waals surface area contributed by atoms with Gasteiger partial charge in [-0.05, 0) is 79.9 Å². The molecule has 2 N–H and O–H groups in total. The first-order valence-corrected chi connectivity index (χ1v) is 12.9. The third-order valence-electron chi connectivity index (χ3n) is 5.63. The minimum Gasteiger partial charge on any atom is -0.452 e. The van der Waals surface area contributed by atoms with Gasteiger partial charge in [0.05, 0.1) is 10.5 Å². The normalized spacial score (nSPS) is 13.7. The van der Waals surface area contributed by atoms with Crippen molar-refractivity contribution < 1.29 is 22.7 Å². The van der Waals surface area contributed by atoms with Crippen molar-refractivity contribution in [1.29, 1.82) is 0 Å². The molecule has 0 bridgehead atoms. The maximum Gasteiger partial charge on any atom is 0.338 e. The van der Waals surface area contributed by atoms with Crippen LogP contribution in [0, 0.1) is 0 Å². The number of amides is 1. The van der Waals surface area contributed by atoms with E-state index in [0.717, 1.165) is 18.8 Å². The van der Waals surface area contributed by atoms with Crippen LogP contribution in [0.2, 0.25) is 0 Å². The number of nitrogens with one attached hydrogen (secondary N) is 2. The summed E-state index contributed by atoms with van der Waals surface area (Å²) in [7, 11) is -3.80. The average molecular weight is 494 g/mol. The van der Waals surface area contributed by atoms with E-state index in [4.69, 9.17) is 4.74 Å². The number of hydrogen-bond donors (Lipinski definition) is 2. The van der Waals surface area contributed by atoms with Gasteiger partial charge in [-0.1, -0.05) is 18.2 Å². The van der Waals surface area contributed by atoms with Crippen molar-refractivity contribution in [3.05, 3.63) is 84.4 Å². The Morgan fingerprint density at radius 3 is 2.11 bits per heavy atom. The smallest absolute Gasteiger partial charge is 0.338 e. The summed E-state index contributed by atoms with van der Waals surface area (Å²) in [5, 5.41) is 2.71. The Morgan fingerprint density at radius 2 is 1.46 bits per heavy atom. The van der Waals surface area contributed by atoms with Crippen LogP contribution < -0.4 is 14.9 Å². The zero-order valence-electron chi connectivity index (χ0n) is 19.1. The van der Waals surface area contributed by atoms with Crippen molar-refractivity contribution in [3.63, 3.8) is 0 Å². The SMILES string of the molecule is O=C(COC(=O)c1ccc(S(=O)(=O)Nc2ccccc2)cc1)Nc1ccc(N2CCCCC2)cc1. The van der Waals surface area contributed by atoms with Crippen molar-refractivity contribution in [2.75, 3.05) is 34.6 Å². The molecule has 1 fully saturated rings. The van der Waals surface area contributed by atoms with Crippen LogP contribution in [0.3, 0.4) is 0 Å². The molecular weight excluding hydrogens is 466 g/mol. The highest BCUT2D eigenvalue weighted by atomic mass is 32.2. The number of ether oxygens (including phenoxy) is 1. The topological polar surface area (TPSA) is 105 Å². The van der Waals surface area contributed by atoms with E-state index in [-0.39, 0.29) is 10.5 Å². The number of sulfonamides is 1. The highest BCUT2D eigenvalue weighted by molar-refractivity contribution is 7.92. The first-order chi connectivity index (χ1) is 16.9. The number of para-hydroxylation sites is 1. The summed E-state index contributed by atoms with van der Waals surface area (Å²) < 4.78 is 32.5. The Hall–Kier alpha value is -3.85. The summed E-state index contributed by atoms with van der Waals surface area (Å²) in [5.41, 5.74) is 2.32. The fraction of sp³-hybridized carbons (Fsp3) is 0.231. The fourth-order valence-electron chi connectivity index (χ4n) is 3.81. The number of benzene rings is 3. The molecule has 1 aliphatic heterocycles. The van der Waals surface area contributed by atoms with Gasteiger partial charge in [-0.25, -0.2) is 13.2 Å². The summed E-state index contributed by atoms with van der Waals surface area (Å²) in [6, 6.07) is 21.4. The van der Waals surface area contributed by atoms with Gasteiger partial charge in [-0.15, -0.1) is 0 Å². The molecule has 0 unspecified atom stereocenters. The third kappa shape index (κ3) is 6.60. The van der Waals surface area contributed by atoms with Crippen molar-refractivity contribution in [1.82, 2.24) is 0 Å². The van der Waals surface area contributed by atoms with Crippen LogP contribution >= 0.6 is 0 Å². The van der Waals surface area contributed by atoms with Gasteiger partial charge in [0, 0.05) is 30.2 Å². The first-order valence-electron chi connectivity index (χ1n) is 11.4. The van der Waals surface area contributed by atoms with Gasteiger partial charge in [0.15, 0.2) is 6.61 Å². The molecule has 4 rings (SSSR count). The van der Waals surface area contributed by atoms with Crippen molar-refractivity contribution >= 4 is 39.0 Å².